The number of guanidine groups is 1. The number of β-amino-alcohol motifs (C(OH)–C–C–N with tert-alkyl or cyclic N) is 1. The fourth-order valence-corrected chi connectivity index (χ4v) is 3.24. The third-order valence-corrected chi connectivity index (χ3v) is 4.75. The molecule has 1 aliphatic heterocycles. The molecule has 2 fully saturated rings. The lowest BCUT2D eigenvalue weighted by atomic mass is 10.1. The monoisotopic (exact) mass is 355 g/mol. The molecule has 1 saturated heterocycles. The zero-order chi connectivity index (χ0) is 18.1. The standard InChI is InChI=1S/C18H37N5O2/c1-4-19-17(20-8-9-23(5-2)16-6-7-16)21-14-18(3,24)15-22-10-12-25-13-11-22/h16,24H,4-15H2,1-3H3,(H2,19,20,21). The quantitative estimate of drug-likeness (QED) is 0.382. The van der Waals surface area contributed by atoms with Gasteiger partial charge in [0.1, 0.15) is 0 Å². The van der Waals surface area contributed by atoms with Gasteiger partial charge in [0.05, 0.1) is 25.4 Å². The molecule has 7 heteroatoms. The van der Waals surface area contributed by atoms with Gasteiger partial charge in [-0.05, 0) is 33.2 Å². The molecule has 2 aliphatic rings. The Bertz CT molecular complexity index is 406. The van der Waals surface area contributed by atoms with Crippen LogP contribution in [0.15, 0.2) is 4.99 Å². The number of ether oxygens (including phenoxy) is 1. The molecule has 146 valence electrons. The number of aliphatic imine (C=N–C) groups is 1. The van der Waals surface area contributed by atoms with Crippen LogP contribution in [0.5, 0.6) is 0 Å². The Hall–Kier alpha value is -0.890. The first kappa shape index (κ1) is 20.4. The van der Waals surface area contributed by atoms with E-state index in [1.165, 1.54) is 12.8 Å². The lowest BCUT2D eigenvalue weighted by molar-refractivity contribution is -0.0179. The van der Waals surface area contributed by atoms with Crippen LogP contribution in [0, 0.1) is 0 Å². The zero-order valence-corrected chi connectivity index (χ0v) is 16.3. The molecule has 1 aliphatic carbocycles. The molecule has 25 heavy (non-hydrogen) atoms. The number of aliphatic hydroxyl groups is 1. The minimum absolute atomic E-state index is 0.389. The number of hydrogen-bond acceptors (Lipinski definition) is 5. The van der Waals surface area contributed by atoms with Crippen molar-refractivity contribution < 1.29 is 9.84 Å². The Labute approximate surface area is 152 Å². The van der Waals surface area contributed by atoms with E-state index < -0.39 is 5.60 Å². The van der Waals surface area contributed by atoms with Gasteiger partial charge < -0.3 is 20.5 Å². The van der Waals surface area contributed by atoms with Crippen molar-refractivity contribution in [1.29, 1.82) is 0 Å². The summed E-state index contributed by atoms with van der Waals surface area (Å²) in [4.78, 5) is 9.36. The van der Waals surface area contributed by atoms with E-state index in [0.717, 1.165) is 64.5 Å². The Kier molecular flexibility index (Phi) is 8.42. The number of nitrogens with zero attached hydrogens (tertiary/aromatic N) is 3. The molecule has 0 bridgehead atoms. The van der Waals surface area contributed by atoms with Gasteiger partial charge in [0.15, 0.2) is 5.96 Å². The number of nitrogens with one attached hydrogen (secondary N) is 2. The molecule has 3 N–H and O–H groups in total. The maximum atomic E-state index is 10.7. The number of rotatable bonds is 10. The van der Waals surface area contributed by atoms with E-state index in [4.69, 9.17) is 4.74 Å². The molecule has 7 nitrogen and oxygen atoms in total. The van der Waals surface area contributed by atoms with Crippen LogP contribution >= 0.6 is 0 Å². The van der Waals surface area contributed by atoms with E-state index in [1.54, 1.807) is 0 Å². The normalized spacial score (nSPS) is 22.0. The molecule has 1 unspecified atom stereocenters. The molecule has 0 aromatic carbocycles. The molecule has 0 amide bonds. The third kappa shape index (κ3) is 7.90. The molecule has 1 saturated carbocycles. The summed E-state index contributed by atoms with van der Waals surface area (Å²) in [5, 5.41) is 17.3. The van der Waals surface area contributed by atoms with E-state index >= 15 is 0 Å². The largest absolute Gasteiger partial charge is 0.387 e. The van der Waals surface area contributed by atoms with Crippen LogP contribution < -0.4 is 10.6 Å². The molecule has 0 aromatic heterocycles. The number of hydrogen-bond donors (Lipinski definition) is 3. The van der Waals surface area contributed by atoms with Crippen LogP contribution in [0.25, 0.3) is 0 Å². The van der Waals surface area contributed by atoms with Crippen molar-refractivity contribution in [3.63, 3.8) is 0 Å². The maximum Gasteiger partial charge on any atom is 0.191 e. The van der Waals surface area contributed by atoms with E-state index in [0.29, 0.717) is 13.1 Å². The summed E-state index contributed by atoms with van der Waals surface area (Å²) in [6.45, 7) is 14.3. The Balaban J connectivity index is 1.76. The summed E-state index contributed by atoms with van der Waals surface area (Å²) >= 11 is 0. The van der Waals surface area contributed by atoms with Crippen molar-refractivity contribution in [2.24, 2.45) is 4.99 Å². The first-order valence-electron chi connectivity index (χ1n) is 9.83. The number of likely N-dealkylation sites (N-methyl/N-ethyl adjacent to an activating group) is 1. The van der Waals surface area contributed by atoms with Gasteiger partial charge in [-0.3, -0.25) is 14.8 Å². The average molecular weight is 356 g/mol. The first-order valence-corrected chi connectivity index (χ1v) is 9.83. The SMILES string of the molecule is CCNC(=NCC(C)(O)CN1CCOCC1)NCCN(CC)C1CC1. The molecule has 1 atom stereocenters. The van der Waals surface area contributed by atoms with Crippen molar-refractivity contribution in [2.45, 2.75) is 45.3 Å². The minimum atomic E-state index is -0.830. The lowest BCUT2D eigenvalue weighted by Crippen LogP contribution is -2.48. The topological polar surface area (TPSA) is 72.4 Å². The van der Waals surface area contributed by atoms with E-state index in [-0.39, 0.29) is 0 Å². The molecular weight excluding hydrogens is 318 g/mol. The highest BCUT2D eigenvalue weighted by Crippen LogP contribution is 2.25. The van der Waals surface area contributed by atoms with Crippen LogP contribution in [0.3, 0.4) is 0 Å². The van der Waals surface area contributed by atoms with Crippen molar-refractivity contribution in [3.8, 4) is 0 Å². The van der Waals surface area contributed by atoms with Crippen molar-refractivity contribution in [2.75, 3.05) is 65.6 Å². The zero-order valence-electron chi connectivity index (χ0n) is 16.3. The number of morpholine rings is 1. The molecule has 0 aromatic rings. The summed E-state index contributed by atoms with van der Waals surface area (Å²) < 4.78 is 5.36. The van der Waals surface area contributed by atoms with Crippen LogP contribution in [-0.4, -0.2) is 98.1 Å². The van der Waals surface area contributed by atoms with Gasteiger partial charge >= 0.3 is 0 Å². The van der Waals surface area contributed by atoms with Crippen molar-refractivity contribution in [3.05, 3.63) is 0 Å². The highest BCUT2D eigenvalue weighted by Gasteiger charge is 2.27. The van der Waals surface area contributed by atoms with Crippen molar-refractivity contribution in [1.82, 2.24) is 20.4 Å². The summed E-state index contributed by atoms with van der Waals surface area (Å²) in [5.74, 6) is 0.789. The fraction of sp³-hybridized carbons (Fsp3) is 0.944. The van der Waals surface area contributed by atoms with Gasteiger partial charge in [0.25, 0.3) is 0 Å². The van der Waals surface area contributed by atoms with Crippen molar-refractivity contribution >= 4 is 5.96 Å². The van der Waals surface area contributed by atoms with Gasteiger partial charge in [-0.25, -0.2) is 0 Å². The summed E-state index contributed by atoms with van der Waals surface area (Å²) in [5.41, 5.74) is -0.830. The molecule has 0 spiro atoms. The fourth-order valence-electron chi connectivity index (χ4n) is 3.24. The highest BCUT2D eigenvalue weighted by atomic mass is 16.5. The smallest absolute Gasteiger partial charge is 0.191 e. The van der Waals surface area contributed by atoms with Crippen LogP contribution in [0.1, 0.15) is 33.6 Å². The predicted molar refractivity (Wildman–Crippen MR) is 102 cm³/mol. The molecule has 0 radical (unpaired) electrons. The van der Waals surface area contributed by atoms with Gasteiger partial charge in [-0.2, -0.15) is 0 Å². The highest BCUT2D eigenvalue weighted by molar-refractivity contribution is 5.79. The Morgan fingerprint density at radius 3 is 2.60 bits per heavy atom. The maximum absolute atomic E-state index is 10.7. The second kappa shape index (κ2) is 10.3. The minimum Gasteiger partial charge on any atom is -0.387 e. The third-order valence-electron chi connectivity index (χ3n) is 4.75. The van der Waals surface area contributed by atoms with Crippen LogP contribution in [0.4, 0.5) is 0 Å². The van der Waals surface area contributed by atoms with Crippen LogP contribution in [-0.2, 0) is 4.74 Å². The summed E-state index contributed by atoms with van der Waals surface area (Å²) in [7, 11) is 0. The van der Waals surface area contributed by atoms with Crippen LogP contribution in [0.2, 0.25) is 0 Å². The average Bonchev–Trinajstić information content (AvgIpc) is 3.42. The molecule has 1 heterocycles. The first-order chi connectivity index (χ1) is 12.0. The summed E-state index contributed by atoms with van der Waals surface area (Å²) in [6, 6.07) is 0.792. The Morgan fingerprint density at radius 1 is 1.28 bits per heavy atom. The molecular formula is C18H37N5O2. The van der Waals surface area contributed by atoms with Gasteiger partial charge in [0.2, 0.25) is 0 Å². The second-order valence-corrected chi connectivity index (χ2v) is 7.37. The Morgan fingerprint density at radius 2 is 2.00 bits per heavy atom. The van der Waals surface area contributed by atoms with Gasteiger partial charge in [-0.15, -0.1) is 0 Å². The van der Waals surface area contributed by atoms with Gasteiger partial charge in [0, 0.05) is 45.3 Å². The van der Waals surface area contributed by atoms with E-state index in [2.05, 4.69) is 39.3 Å². The molecule has 2 rings (SSSR count). The predicted octanol–water partition coefficient (Wildman–Crippen LogP) is 0.109. The lowest BCUT2D eigenvalue weighted by Gasteiger charge is -2.33. The summed E-state index contributed by atoms with van der Waals surface area (Å²) in [6.07, 6.45) is 2.68. The second-order valence-electron chi connectivity index (χ2n) is 7.37. The van der Waals surface area contributed by atoms with E-state index in [1.807, 2.05) is 6.92 Å². The van der Waals surface area contributed by atoms with Gasteiger partial charge in [-0.1, -0.05) is 6.92 Å². The van der Waals surface area contributed by atoms with E-state index in [9.17, 15) is 5.11 Å².